The van der Waals surface area contributed by atoms with Gasteiger partial charge in [-0.2, -0.15) is 0 Å². The van der Waals surface area contributed by atoms with Gasteiger partial charge in [0.15, 0.2) is 0 Å². The van der Waals surface area contributed by atoms with Crippen LogP contribution in [0, 0.1) is 0 Å². The van der Waals surface area contributed by atoms with E-state index in [-0.39, 0.29) is 5.54 Å². The molecule has 2 nitrogen and oxygen atoms in total. The van der Waals surface area contributed by atoms with Gasteiger partial charge in [0.25, 0.3) is 0 Å². The van der Waals surface area contributed by atoms with Crippen LogP contribution in [-0.2, 0) is 0 Å². The highest BCUT2D eigenvalue weighted by atomic mass is 15.7. The Balaban J connectivity index is 2.03. The van der Waals surface area contributed by atoms with Crippen LogP contribution in [0.1, 0.15) is 39.2 Å². The van der Waals surface area contributed by atoms with Gasteiger partial charge in [-0.15, -0.1) is 0 Å². The van der Waals surface area contributed by atoms with Crippen LogP contribution in [0.2, 0.25) is 0 Å². The second-order valence-electron chi connectivity index (χ2n) is 5.92. The summed E-state index contributed by atoms with van der Waals surface area (Å²) in [4.78, 5) is 0. The van der Waals surface area contributed by atoms with Gasteiger partial charge in [-0.3, -0.25) is 0 Å². The van der Waals surface area contributed by atoms with Gasteiger partial charge in [0.2, 0.25) is 0 Å². The fourth-order valence-corrected chi connectivity index (χ4v) is 3.54. The molecule has 0 amide bonds. The van der Waals surface area contributed by atoms with E-state index in [2.05, 4.69) is 67.2 Å². The Labute approximate surface area is 110 Å². The lowest BCUT2D eigenvalue weighted by molar-refractivity contribution is -0.0784. The monoisotopic (exact) mass is 242 g/mol. The average molecular weight is 242 g/mol. The summed E-state index contributed by atoms with van der Waals surface area (Å²) in [6.07, 6.45) is 5.01. The minimum atomic E-state index is 0.206. The van der Waals surface area contributed by atoms with E-state index in [1.807, 2.05) is 0 Å². The molecule has 2 heteroatoms. The average Bonchev–Trinajstić information content (AvgIpc) is 2.54. The fourth-order valence-electron chi connectivity index (χ4n) is 3.54. The minimum absolute atomic E-state index is 0.206. The van der Waals surface area contributed by atoms with Crippen LogP contribution in [-0.4, -0.2) is 28.1 Å². The van der Waals surface area contributed by atoms with Crippen molar-refractivity contribution < 1.29 is 0 Å². The SMILES string of the molecule is CC(C)N1N2CCCC1(C)C=C2c1ccccc1. The van der Waals surface area contributed by atoms with Gasteiger partial charge in [-0.05, 0) is 45.3 Å². The number of fused-ring (bicyclic) bond motifs is 2. The Bertz CT molecular complexity index is 463. The van der Waals surface area contributed by atoms with Crippen LogP contribution >= 0.6 is 0 Å². The minimum Gasteiger partial charge on any atom is -0.304 e. The normalized spacial score (nSPS) is 27.8. The molecule has 18 heavy (non-hydrogen) atoms. The van der Waals surface area contributed by atoms with E-state index in [9.17, 15) is 0 Å². The fraction of sp³-hybridized carbons (Fsp3) is 0.500. The van der Waals surface area contributed by atoms with Gasteiger partial charge in [0, 0.05) is 12.6 Å². The molecule has 1 saturated heterocycles. The first-order chi connectivity index (χ1) is 8.62. The summed E-state index contributed by atoms with van der Waals surface area (Å²) in [6, 6.07) is 11.3. The Kier molecular flexibility index (Phi) is 2.70. The molecule has 2 bridgehead atoms. The standard InChI is InChI=1S/C16H22N2/c1-13(2)18-16(3)10-7-11-17(18)15(12-16)14-8-5-4-6-9-14/h4-6,8-9,12-13H,7,10-11H2,1-3H3. The molecule has 1 aromatic rings. The summed E-state index contributed by atoms with van der Waals surface area (Å²) in [5.41, 5.74) is 2.94. The van der Waals surface area contributed by atoms with Gasteiger partial charge < -0.3 is 5.01 Å². The molecule has 1 fully saturated rings. The van der Waals surface area contributed by atoms with Crippen molar-refractivity contribution in [2.75, 3.05) is 6.54 Å². The molecule has 1 unspecified atom stereocenters. The van der Waals surface area contributed by atoms with Crippen molar-refractivity contribution in [3.05, 3.63) is 42.0 Å². The molecule has 0 aromatic heterocycles. The van der Waals surface area contributed by atoms with E-state index in [4.69, 9.17) is 0 Å². The summed E-state index contributed by atoms with van der Waals surface area (Å²) in [5.74, 6) is 0. The van der Waals surface area contributed by atoms with E-state index in [1.54, 1.807) is 0 Å². The van der Waals surface area contributed by atoms with Crippen LogP contribution < -0.4 is 0 Å². The largest absolute Gasteiger partial charge is 0.304 e. The predicted octanol–water partition coefficient (Wildman–Crippen LogP) is 3.52. The third kappa shape index (κ3) is 1.67. The number of nitrogens with zero attached hydrogens (tertiary/aromatic N) is 2. The van der Waals surface area contributed by atoms with Crippen molar-refractivity contribution >= 4 is 5.70 Å². The maximum absolute atomic E-state index is 2.55. The second-order valence-corrected chi connectivity index (χ2v) is 5.92. The lowest BCUT2D eigenvalue weighted by Gasteiger charge is -2.47. The van der Waals surface area contributed by atoms with Crippen molar-refractivity contribution in [2.24, 2.45) is 0 Å². The maximum atomic E-state index is 2.55. The maximum Gasteiger partial charge on any atom is 0.0582 e. The zero-order valence-electron chi connectivity index (χ0n) is 11.6. The second kappa shape index (κ2) is 4.13. The molecule has 2 aliphatic rings. The summed E-state index contributed by atoms with van der Waals surface area (Å²) in [6.45, 7) is 8.10. The van der Waals surface area contributed by atoms with Crippen LogP contribution in [0.5, 0.6) is 0 Å². The number of benzene rings is 1. The van der Waals surface area contributed by atoms with Crippen LogP contribution in [0.4, 0.5) is 0 Å². The molecule has 2 heterocycles. The molecule has 1 aromatic carbocycles. The first-order valence-corrected chi connectivity index (χ1v) is 6.97. The third-order valence-electron chi connectivity index (χ3n) is 4.12. The molecule has 2 aliphatic heterocycles. The van der Waals surface area contributed by atoms with Gasteiger partial charge >= 0.3 is 0 Å². The van der Waals surface area contributed by atoms with Crippen LogP contribution in [0.15, 0.2) is 36.4 Å². The highest BCUT2D eigenvalue weighted by Crippen LogP contribution is 2.43. The highest BCUT2D eigenvalue weighted by molar-refractivity contribution is 5.67. The lowest BCUT2D eigenvalue weighted by Crippen LogP contribution is -2.56. The molecule has 0 aliphatic carbocycles. The van der Waals surface area contributed by atoms with E-state index >= 15 is 0 Å². The zero-order valence-corrected chi connectivity index (χ0v) is 11.6. The molecule has 0 saturated carbocycles. The smallest absolute Gasteiger partial charge is 0.0582 e. The molecule has 96 valence electrons. The predicted molar refractivity (Wildman–Crippen MR) is 75.7 cm³/mol. The molecule has 1 atom stereocenters. The Hall–Kier alpha value is -1.28. The van der Waals surface area contributed by atoms with Crippen molar-refractivity contribution in [1.82, 2.24) is 10.0 Å². The zero-order chi connectivity index (χ0) is 12.8. The third-order valence-corrected chi connectivity index (χ3v) is 4.12. The van der Waals surface area contributed by atoms with Crippen molar-refractivity contribution in [3.63, 3.8) is 0 Å². The van der Waals surface area contributed by atoms with Crippen molar-refractivity contribution in [3.8, 4) is 0 Å². The number of hydrazine groups is 1. The first kappa shape index (κ1) is 11.8. The highest BCUT2D eigenvalue weighted by Gasteiger charge is 2.45. The van der Waals surface area contributed by atoms with Crippen LogP contribution in [0.25, 0.3) is 5.70 Å². The van der Waals surface area contributed by atoms with E-state index in [0.29, 0.717) is 6.04 Å². The quantitative estimate of drug-likeness (QED) is 0.783. The molecular weight excluding hydrogens is 220 g/mol. The van der Waals surface area contributed by atoms with Crippen LogP contribution in [0.3, 0.4) is 0 Å². The van der Waals surface area contributed by atoms with Crippen molar-refractivity contribution in [2.45, 2.75) is 45.2 Å². The molecule has 0 radical (unpaired) electrons. The summed E-state index contributed by atoms with van der Waals surface area (Å²) >= 11 is 0. The molecule has 0 spiro atoms. The Morgan fingerprint density at radius 2 is 1.89 bits per heavy atom. The van der Waals surface area contributed by atoms with Gasteiger partial charge in [-0.1, -0.05) is 30.3 Å². The number of rotatable bonds is 2. The Morgan fingerprint density at radius 3 is 2.50 bits per heavy atom. The Morgan fingerprint density at radius 1 is 1.17 bits per heavy atom. The van der Waals surface area contributed by atoms with E-state index < -0.39 is 0 Å². The van der Waals surface area contributed by atoms with E-state index in [0.717, 1.165) is 6.54 Å². The molecule has 0 N–H and O–H groups in total. The summed E-state index contributed by atoms with van der Waals surface area (Å²) < 4.78 is 0. The molecular formula is C16H22N2. The topological polar surface area (TPSA) is 6.48 Å². The van der Waals surface area contributed by atoms with Gasteiger partial charge in [0.1, 0.15) is 0 Å². The van der Waals surface area contributed by atoms with Crippen molar-refractivity contribution in [1.29, 1.82) is 0 Å². The summed E-state index contributed by atoms with van der Waals surface area (Å²) in [7, 11) is 0. The first-order valence-electron chi connectivity index (χ1n) is 6.97. The van der Waals surface area contributed by atoms with E-state index in [1.165, 1.54) is 24.1 Å². The molecule has 3 rings (SSSR count). The van der Waals surface area contributed by atoms with Gasteiger partial charge in [0.05, 0.1) is 11.2 Å². The summed E-state index contributed by atoms with van der Waals surface area (Å²) in [5, 5.41) is 5.04. The van der Waals surface area contributed by atoms with Gasteiger partial charge in [-0.25, -0.2) is 5.01 Å². The number of hydrogen-bond acceptors (Lipinski definition) is 2. The number of hydrogen-bond donors (Lipinski definition) is 0. The lowest BCUT2D eigenvalue weighted by atomic mass is 9.93.